The standard InChI is InChI=1S/C33H34N4O4/c1-19(2)25-17-26(20(3)16-30(25)40-6)31-35-28-14-10-8-13-24(28)32(38)37(31)34-18-27-21(4)36(22(5)33(39)41-7)29-15-11-9-12-23(27)29/h8-19,22H,1-7H3/t22-/m1/s1. The van der Waals surface area contributed by atoms with Crippen molar-refractivity contribution in [2.45, 2.75) is 46.6 Å². The van der Waals surface area contributed by atoms with Crippen molar-refractivity contribution in [2.75, 3.05) is 14.2 Å². The van der Waals surface area contributed by atoms with Crippen molar-refractivity contribution in [2.24, 2.45) is 5.10 Å². The number of hydrogen-bond acceptors (Lipinski definition) is 6. The number of methoxy groups -OCH3 is 2. The molecule has 2 heterocycles. The minimum Gasteiger partial charge on any atom is -0.496 e. The Morgan fingerprint density at radius 2 is 1.66 bits per heavy atom. The van der Waals surface area contributed by atoms with Gasteiger partial charge in [-0.1, -0.05) is 44.2 Å². The number of benzene rings is 3. The van der Waals surface area contributed by atoms with Crippen molar-refractivity contribution < 1.29 is 14.3 Å². The Bertz CT molecular complexity index is 1880. The van der Waals surface area contributed by atoms with Crippen molar-refractivity contribution in [3.8, 4) is 17.1 Å². The van der Waals surface area contributed by atoms with Crippen LogP contribution in [-0.2, 0) is 9.53 Å². The largest absolute Gasteiger partial charge is 0.496 e. The van der Waals surface area contributed by atoms with Gasteiger partial charge in [0.05, 0.1) is 31.3 Å². The molecule has 0 fully saturated rings. The highest BCUT2D eigenvalue weighted by Crippen LogP contribution is 2.34. The van der Waals surface area contributed by atoms with Crippen molar-refractivity contribution in [1.82, 2.24) is 14.2 Å². The van der Waals surface area contributed by atoms with E-state index in [0.717, 1.165) is 44.6 Å². The molecule has 8 nitrogen and oxygen atoms in total. The molecule has 0 saturated carbocycles. The summed E-state index contributed by atoms with van der Waals surface area (Å²) in [5.74, 6) is 1.09. The quantitative estimate of drug-likeness (QED) is 0.173. The summed E-state index contributed by atoms with van der Waals surface area (Å²) in [6.45, 7) is 9.92. The molecular formula is C33H34N4O4. The van der Waals surface area contributed by atoms with Gasteiger partial charge >= 0.3 is 5.97 Å². The highest BCUT2D eigenvalue weighted by atomic mass is 16.5. The zero-order valence-electron chi connectivity index (χ0n) is 24.4. The lowest BCUT2D eigenvalue weighted by molar-refractivity contribution is -0.143. The molecule has 0 bridgehead atoms. The van der Waals surface area contributed by atoms with Gasteiger partial charge in [-0.3, -0.25) is 4.79 Å². The third-order valence-corrected chi connectivity index (χ3v) is 7.63. The Labute approximate surface area is 238 Å². The highest BCUT2D eigenvalue weighted by molar-refractivity contribution is 6.02. The van der Waals surface area contributed by atoms with Crippen LogP contribution in [0.1, 0.15) is 55.1 Å². The van der Waals surface area contributed by atoms with Crippen LogP contribution in [0.15, 0.2) is 70.6 Å². The third-order valence-electron chi connectivity index (χ3n) is 7.63. The number of carbonyl (C=O) groups is 1. The Kier molecular flexibility index (Phi) is 7.49. The van der Waals surface area contributed by atoms with Gasteiger partial charge < -0.3 is 14.0 Å². The summed E-state index contributed by atoms with van der Waals surface area (Å²) in [5, 5.41) is 6.15. The average Bonchev–Trinajstić information content (AvgIpc) is 3.26. The molecule has 5 aromatic rings. The molecule has 0 amide bonds. The summed E-state index contributed by atoms with van der Waals surface area (Å²) in [6.07, 6.45) is 1.68. The lowest BCUT2D eigenvalue weighted by Crippen LogP contribution is -2.21. The highest BCUT2D eigenvalue weighted by Gasteiger charge is 2.23. The summed E-state index contributed by atoms with van der Waals surface area (Å²) in [5.41, 5.74) is 5.57. The number of carbonyl (C=O) groups excluding carboxylic acids is 1. The Morgan fingerprint density at radius 3 is 2.34 bits per heavy atom. The van der Waals surface area contributed by atoms with E-state index in [1.165, 1.54) is 11.8 Å². The van der Waals surface area contributed by atoms with E-state index in [2.05, 4.69) is 13.8 Å². The predicted molar refractivity (Wildman–Crippen MR) is 163 cm³/mol. The first-order chi connectivity index (χ1) is 19.7. The molecule has 2 aromatic heterocycles. The van der Waals surface area contributed by atoms with Crippen molar-refractivity contribution >= 4 is 34.0 Å². The van der Waals surface area contributed by atoms with Gasteiger partial charge in [-0.25, -0.2) is 9.78 Å². The van der Waals surface area contributed by atoms with Gasteiger partial charge in [0.25, 0.3) is 5.56 Å². The lowest BCUT2D eigenvalue weighted by Gasteiger charge is -2.17. The number of rotatable bonds is 7. The Morgan fingerprint density at radius 1 is 0.976 bits per heavy atom. The maximum atomic E-state index is 13.9. The molecule has 0 radical (unpaired) electrons. The molecule has 1 atom stereocenters. The van der Waals surface area contributed by atoms with Gasteiger partial charge in [0.15, 0.2) is 5.82 Å². The minimum atomic E-state index is -0.538. The maximum Gasteiger partial charge on any atom is 0.328 e. The molecule has 0 spiro atoms. The van der Waals surface area contributed by atoms with E-state index in [1.54, 1.807) is 26.3 Å². The van der Waals surface area contributed by atoms with Crippen LogP contribution in [0.25, 0.3) is 33.2 Å². The average molecular weight is 551 g/mol. The summed E-state index contributed by atoms with van der Waals surface area (Å²) in [7, 11) is 3.05. The second-order valence-electron chi connectivity index (χ2n) is 10.5. The predicted octanol–water partition coefficient (Wildman–Crippen LogP) is 6.38. The summed E-state index contributed by atoms with van der Waals surface area (Å²) < 4.78 is 14.0. The van der Waals surface area contributed by atoms with Crippen LogP contribution in [0.4, 0.5) is 0 Å². The van der Waals surface area contributed by atoms with Gasteiger partial charge in [0.2, 0.25) is 0 Å². The van der Waals surface area contributed by atoms with Crippen molar-refractivity contribution in [3.63, 3.8) is 0 Å². The van der Waals surface area contributed by atoms with Gasteiger partial charge in [0.1, 0.15) is 11.8 Å². The zero-order chi connectivity index (χ0) is 29.4. The number of hydrogen-bond donors (Lipinski definition) is 0. The summed E-state index contributed by atoms with van der Waals surface area (Å²) in [6, 6.07) is 18.6. The summed E-state index contributed by atoms with van der Waals surface area (Å²) >= 11 is 0. The van der Waals surface area contributed by atoms with Gasteiger partial charge in [0, 0.05) is 27.7 Å². The second-order valence-corrected chi connectivity index (χ2v) is 10.5. The van der Waals surface area contributed by atoms with Crippen LogP contribution < -0.4 is 10.3 Å². The topological polar surface area (TPSA) is 87.7 Å². The molecule has 0 saturated heterocycles. The fourth-order valence-electron chi connectivity index (χ4n) is 5.44. The van der Waals surface area contributed by atoms with E-state index < -0.39 is 6.04 Å². The van der Waals surface area contributed by atoms with E-state index in [-0.39, 0.29) is 17.4 Å². The normalized spacial score (nSPS) is 12.5. The fourth-order valence-corrected chi connectivity index (χ4v) is 5.44. The number of fused-ring (bicyclic) bond motifs is 2. The zero-order valence-corrected chi connectivity index (χ0v) is 24.4. The van der Waals surface area contributed by atoms with Crippen molar-refractivity contribution in [3.05, 3.63) is 93.4 Å². The number of nitrogens with zero attached hydrogens (tertiary/aromatic N) is 4. The minimum absolute atomic E-state index is 0.194. The van der Waals surface area contributed by atoms with E-state index >= 15 is 0 Å². The summed E-state index contributed by atoms with van der Waals surface area (Å²) in [4.78, 5) is 31.3. The smallest absolute Gasteiger partial charge is 0.328 e. The van der Waals surface area contributed by atoms with E-state index in [4.69, 9.17) is 19.6 Å². The van der Waals surface area contributed by atoms with Gasteiger partial charge in [-0.15, -0.1) is 0 Å². The molecule has 0 aliphatic heterocycles. The van der Waals surface area contributed by atoms with Crippen LogP contribution in [0.3, 0.4) is 0 Å². The van der Waals surface area contributed by atoms with Crippen LogP contribution in [0, 0.1) is 13.8 Å². The lowest BCUT2D eigenvalue weighted by atomic mass is 9.96. The van der Waals surface area contributed by atoms with E-state index in [1.807, 2.05) is 73.0 Å². The van der Waals surface area contributed by atoms with Crippen molar-refractivity contribution in [1.29, 1.82) is 0 Å². The third kappa shape index (κ3) is 4.79. The first-order valence-electron chi connectivity index (χ1n) is 13.6. The second kappa shape index (κ2) is 11.0. The Hall–Kier alpha value is -4.72. The Balaban J connectivity index is 1.77. The number of ether oxygens (including phenoxy) is 2. The molecule has 0 unspecified atom stereocenters. The number of para-hydroxylation sites is 2. The molecule has 3 aromatic carbocycles. The van der Waals surface area contributed by atoms with Crippen LogP contribution in [-0.4, -0.2) is 40.6 Å². The molecule has 0 aliphatic rings. The monoisotopic (exact) mass is 550 g/mol. The maximum absolute atomic E-state index is 13.9. The molecule has 5 rings (SSSR count). The number of aryl methyl sites for hydroxylation is 1. The van der Waals surface area contributed by atoms with Crippen LogP contribution >= 0.6 is 0 Å². The first-order valence-corrected chi connectivity index (χ1v) is 13.6. The molecule has 0 N–H and O–H groups in total. The molecule has 41 heavy (non-hydrogen) atoms. The van der Waals surface area contributed by atoms with Crippen LogP contribution in [0.5, 0.6) is 5.75 Å². The SMILES string of the molecule is COC(=O)[C@@H](C)n1c(C)c(C=Nn2c(-c3cc(C(C)C)c(OC)cc3C)nc3ccccc3c2=O)c2ccccc21. The van der Waals surface area contributed by atoms with Gasteiger partial charge in [-0.2, -0.15) is 9.78 Å². The first kappa shape index (κ1) is 27.8. The van der Waals surface area contributed by atoms with E-state index in [0.29, 0.717) is 16.7 Å². The molecular weight excluding hydrogens is 516 g/mol. The number of esters is 1. The molecule has 210 valence electrons. The molecule has 0 aliphatic carbocycles. The van der Waals surface area contributed by atoms with Crippen LogP contribution in [0.2, 0.25) is 0 Å². The van der Waals surface area contributed by atoms with E-state index in [9.17, 15) is 9.59 Å². The van der Waals surface area contributed by atoms with Gasteiger partial charge in [-0.05, 0) is 68.1 Å². The number of aromatic nitrogens is 3. The fraction of sp³-hybridized carbons (Fsp3) is 0.273. The molecule has 8 heteroatoms.